The first kappa shape index (κ1) is 20.9. The number of hydrogen-bond acceptors (Lipinski definition) is 4. The number of alkyl carbamates (subject to hydrolysis) is 1. The van der Waals surface area contributed by atoms with Gasteiger partial charge in [-0.05, 0) is 24.1 Å². The first-order valence-electron chi connectivity index (χ1n) is 9.49. The normalized spacial score (nSPS) is 12.7. The van der Waals surface area contributed by atoms with Gasteiger partial charge in [-0.25, -0.2) is 9.59 Å². The molecule has 0 aliphatic rings. The van der Waals surface area contributed by atoms with Crippen molar-refractivity contribution < 1.29 is 24.2 Å². The monoisotopic (exact) mass is 409 g/mol. The third-order valence-corrected chi connectivity index (χ3v) is 4.65. The van der Waals surface area contributed by atoms with Crippen LogP contribution in [0.5, 0.6) is 0 Å². The smallest absolute Gasteiger partial charge is 0.408 e. The molecule has 1 heterocycles. The summed E-state index contributed by atoms with van der Waals surface area (Å²) in [5.41, 5.74) is 2.48. The van der Waals surface area contributed by atoms with Crippen LogP contribution in [0, 0.1) is 0 Å². The van der Waals surface area contributed by atoms with Crippen LogP contribution in [0.15, 0.2) is 60.8 Å². The molecule has 156 valence electrons. The number of benzene rings is 2. The summed E-state index contributed by atoms with van der Waals surface area (Å²) in [7, 11) is 0. The summed E-state index contributed by atoms with van der Waals surface area (Å²) in [5, 5.41) is 15.3. The Morgan fingerprint density at radius 1 is 1.03 bits per heavy atom. The molecule has 8 nitrogen and oxygen atoms in total. The van der Waals surface area contributed by atoms with Gasteiger partial charge in [0.15, 0.2) is 0 Å². The molecular formula is C22H23N3O5. The molecule has 2 aromatic carbocycles. The molecule has 0 spiro atoms. The summed E-state index contributed by atoms with van der Waals surface area (Å²) < 4.78 is 5.08. The fourth-order valence-corrected chi connectivity index (χ4v) is 3.02. The lowest BCUT2D eigenvalue weighted by molar-refractivity contribution is -0.142. The van der Waals surface area contributed by atoms with Crippen molar-refractivity contribution in [3.05, 3.63) is 71.9 Å². The fourth-order valence-electron chi connectivity index (χ4n) is 3.02. The van der Waals surface area contributed by atoms with Crippen LogP contribution in [0.25, 0.3) is 10.9 Å². The molecule has 30 heavy (non-hydrogen) atoms. The van der Waals surface area contributed by atoms with Crippen LogP contribution in [0.2, 0.25) is 0 Å². The minimum atomic E-state index is -1.16. The Labute approximate surface area is 173 Å². The van der Waals surface area contributed by atoms with Crippen LogP contribution in [0.1, 0.15) is 18.1 Å². The van der Waals surface area contributed by atoms with E-state index < -0.39 is 30.1 Å². The number of hydrogen-bond donors (Lipinski definition) is 4. The second-order valence-corrected chi connectivity index (χ2v) is 6.89. The van der Waals surface area contributed by atoms with Gasteiger partial charge in [-0.3, -0.25) is 4.79 Å². The van der Waals surface area contributed by atoms with Crippen LogP contribution >= 0.6 is 0 Å². The first-order chi connectivity index (χ1) is 14.4. The highest BCUT2D eigenvalue weighted by Gasteiger charge is 2.25. The van der Waals surface area contributed by atoms with Crippen LogP contribution in [0.3, 0.4) is 0 Å². The molecule has 2 amide bonds. The van der Waals surface area contributed by atoms with Crippen molar-refractivity contribution in [2.75, 3.05) is 0 Å². The molecule has 1 unspecified atom stereocenters. The first-order valence-corrected chi connectivity index (χ1v) is 9.49. The van der Waals surface area contributed by atoms with Crippen LogP contribution in [-0.2, 0) is 27.4 Å². The molecule has 3 aromatic rings. The zero-order valence-corrected chi connectivity index (χ0v) is 16.4. The molecule has 0 saturated carbocycles. The highest BCUT2D eigenvalue weighted by atomic mass is 16.5. The highest BCUT2D eigenvalue weighted by Crippen LogP contribution is 2.19. The van der Waals surface area contributed by atoms with Gasteiger partial charge in [0.05, 0.1) is 0 Å². The lowest BCUT2D eigenvalue weighted by atomic mass is 10.0. The molecule has 1 aromatic heterocycles. The molecule has 8 heteroatoms. The van der Waals surface area contributed by atoms with Crippen molar-refractivity contribution >= 4 is 28.9 Å². The molecule has 0 bridgehead atoms. The maximum Gasteiger partial charge on any atom is 0.408 e. The van der Waals surface area contributed by atoms with E-state index in [1.807, 2.05) is 54.6 Å². The zero-order chi connectivity index (χ0) is 21.5. The quantitative estimate of drug-likeness (QED) is 0.456. The number of nitrogens with one attached hydrogen (secondary N) is 3. The van der Waals surface area contributed by atoms with Gasteiger partial charge >= 0.3 is 12.1 Å². The average Bonchev–Trinajstić information content (AvgIpc) is 3.15. The fraction of sp³-hybridized carbons (Fsp3) is 0.227. The number of amides is 2. The minimum absolute atomic E-state index is 0.0688. The molecule has 0 fully saturated rings. The predicted molar refractivity (Wildman–Crippen MR) is 111 cm³/mol. The van der Waals surface area contributed by atoms with Gasteiger partial charge < -0.3 is 25.5 Å². The van der Waals surface area contributed by atoms with Crippen molar-refractivity contribution in [3.63, 3.8) is 0 Å². The van der Waals surface area contributed by atoms with Gasteiger partial charge in [-0.2, -0.15) is 0 Å². The lowest BCUT2D eigenvalue weighted by Gasteiger charge is -2.18. The maximum absolute atomic E-state index is 12.4. The van der Waals surface area contributed by atoms with E-state index >= 15 is 0 Å². The Bertz CT molecular complexity index is 1030. The van der Waals surface area contributed by atoms with E-state index in [4.69, 9.17) is 4.74 Å². The summed E-state index contributed by atoms with van der Waals surface area (Å²) in [6.45, 7) is 1.53. The van der Waals surface area contributed by atoms with Gasteiger partial charge in [0, 0.05) is 23.5 Å². The van der Waals surface area contributed by atoms with E-state index in [0.717, 1.165) is 22.0 Å². The Balaban J connectivity index is 1.55. The Morgan fingerprint density at radius 3 is 2.47 bits per heavy atom. The van der Waals surface area contributed by atoms with Crippen molar-refractivity contribution in [2.24, 2.45) is 0 Å². The second kappa shape index (κ2) is 9.60. The van der Waals surface area contributed by atoms with Crippen LogP contribution in [0.4, 0.5) is 4.79 Å². The second-order valence-electron chi connectivity index (χ2n) is 6.89. The number of rotatable bonds is 8. The standard InChI is InChI=1S/C22H23N3O5/c1-14(24-22(29)30-13-15-7-3-2-4-8-15)20(26)25-19(21(27)28)11-16-12-23-18-10-6-5-9-17(16)18/h2-10,12,14,19,23H,11,13H2,1H3,(H,24,29)(H,25,26)(H,27,28)/t14-,19?/m0/s1. The third kappa shape index (κ3) is 5.38. The Hall–Kier alpha value is -3.81. The van der Waals surface area contributed by atoms with Crippen molar-refractivity contribution in [3.8, 4) is 0 Å². The van der Waals surface area contributed by atoms with E-state index in [1.165, 1.54) is 6.92 Å². The summed E-state index contributed by atoms with van der Waals surface area (Å²) in [5.74, 6) is -1.77. The summed E-state index contributed by atoms with van der Waals surface area (Å²) in [6.07, 6.45) is 1.08. The number of aromatic nitrogens is 1. The topological polar surface area (TPSA) is 121 Å². The van der Waals surface area contributed by atoms with E-state index in [-0.39, 0.29) is 13.0 Å². The van der Waals surface area contributed by atoms with E-state index in [2.05, 4.69) is 15.6 Å². The van der Waals surface area contributed by atoms with Gasteiger partial charge in [0.1, 0.15) is 18.7 Å². The number of aromatic amines is 1. The van der Waals surface area contributed by atoms with Gasteiger partial charge in [0.25, 0.3) is 0 Å². The Kier molecular flexibility index (Phi) is 6.69. The molecular weight excluding hydrogens is 386 g/mol. The predicted octanol–water partition coefficient (Wildman–Crippen LogP) is 2.59. The van der Waals surface area contributed by atoms with Crippen molar-refractivity contribution in [1.82, 2.24) is 15.6 Å². The summed E-state index contributed by atoms with van der Waals surface area (Å²) in [4.78, 5) is 39.1. The number of carbonyl (C=O) groups is 3. The molecule has 0 saturated heterocycles. The SMILES string of the molecule is C[C@H](NC(=O)OCc1ccccc1)C(=O)NC(Cc1c[nH]c2ccccc12)C(=O)O. The summed E-state index contributed by atoms with van der Waals surface area (Å²) in [6, 6.07) is 14.5. The number of fused-ring (bicyclic) bond motifs is 1. The largest absolute Gasteiger partial charge is 0.480 e. The molecule has 3 rings (SSSR count). The number of aliphatic carboxylic acids is 1. The molecule has 4 N–H and O–H groups in total. The third-order valence-electron chi connectivity index (χ3n) is 4.65. The molecule has 0 aliphatic carbocycles. The molecule has 0 radical (unpaired) electrons. The maximum atomic E-state index is 12.4. The molecule has 2 atom stereocenters. The molecule has 0 aliphatic heterocycles. The number of para-hydroxylation sites is 1. The van der Waals surface area contributed by atoms with Gasteiger partial charge in [-0.15, -0.1) is 0 Å². The Morgan fingerprint density at radius 2 is 1.73 bits per heavy atom. The van der Waals surface area contributed by atoms with E-state index in [9.17, 15) is 19.5 Å². The van der Waals surface area contributed by atoms with Crippen molar-refractivity contribution in [1.29, 1.82) is 0 Å². The number of ether oxygens (including phenoxy) is 1. The summed E-state index contributed by atoms with van der Waals surface area (Å²) >= 11 is 0. The van der Waals surface area contributed by atoms with E-state index in [1.54, 1.807) is 6.20 Å². The highest BCUT2D eigenvalue weighted by molar-refractivity contribution is 5.90. The average molecular weight is 409 g/mol. The van der Waals surface area contributed by atoms with Crippen LogP contribution in [-0.4, -0.2) is 40.1 Å². The van der Waals surface area contributed by atoms with E-state index in [0.29, 0.717) is 0 Å². The number of H-pyrrole nitrogens is 1. The number of carboxylic acid groups (broad SMARTS) is 1. The zero-order valence-electron chi connectivity index (χ0n) is 16.4. The van der Waals surface area contributed by atoms with Crippen molar-refractivity contribution in [2.45, 2.75) is 32.0 Å². The number of carboxylic acids is 1. The lowest BCUT2D eigenvalue weighted by Crippen LogP contribution is -2.51. The van der Waals surface area contributed by atoms with Gasteiger partial charge in [0.2, 0.25) is 5.91 Å². The minimum Gasteiger partial charge on any atom is -0.480 e. The van der Waals surface area contributed by atoms with Crippen LogP contribution < -0.4 is 10.6 Å². The number of carbonyl (C=O) groups excluding carboxylic acids is 2. The van der Waals surface area contributed by atoms with Gasteiger partial charge in [-0.1, -0.05) is 48.5 Å².